The molecule has 22 heavy (non-hydrogen) atoms. The third kappa shape index (κ3) is 2.98. The molecule has 7 heteroatoms. The van der Waals surface area contributed by atoms with Gasteiger partial charge in [0.05, 0.1) is 17.3 Å². The molecule has 1 saturated carbocycles. The van der Waals surface area contributed by atoms with E-state index in [0.717, 1.165) is 18.7 Å². The summed E-state index contributed by atoms with van der Waals surface area (Å²) in [7, 11) is 0. The SMILES string of the molecule is CC(CO)NC(=O)c1nc(C2CC2)n(-c2ccccc2Cl)n1. The molecule has 0 saturated heterocycles. The van der Waals surface area contributed by atoms with Crippen molar-refractivity contribution in [1.82, 2.24) is 20.1 Å². The van der Waals surface area contributed by atoms with Gasteiger partial charge in [-0.25, -0.2) is 9.67 Å². The van der Waals surface area contributed by atoms with Crippen LogP contribution in [0.2, 0.25) is 5.02 Å². The van der Waals surface area contributed by atoms with Crippen LogP contribution in [0, 0.1) is 0 Å². The second-order valence-corrected chi connectivity index (χ2v) is 5.90. The lowest BCUT2D eigenvalue weighted by Crippen LogP contribution is -2.35. The van der Waals surface area contributed by atoms with Crippen LogP contribution in [0.1, 0.15) is 42.1 Å². The van der Waals surface area contributed by atoms with Gasteiger partial charge in [0.2, 0.25) is 5.82 Å². The zero-order valence-electron chi connectivity index (χ0n) is 12.2. The van der Waals surface area contributed by atoms with Gasteiger partial charge in [-0.2, -0.15) is 0 Å². The number of para-hydroxylation sites is 1. The molecule has 0 bridgehead atoms. The average Bonchev–Trinajstić information content (AvgIpc) is 3.26. The van der Waals surface area contributed by atoms with Gasteiger partial charge in [-0.05, 0) is 31.9 Å². The minimum Gasteiger partial charge on any atom is -0.394 e. The van der Waals surface area contributed by atoms with Crippen LogP contribution in [-0.4, -0.2) is 38.4 Å². The fourth-order valence-corrected chi connectivity index (χ4v) is 2.38. The normalized spacial score (nSPS) is 15.6. The molecule has 1 amide bonds. The van der Waals surface area contributed by atoms with Crippen molar-refractivity contribution in [3.8, 4) is 5.69 Å². The lowest BCUT2D eigenvalue weighted by molar-refractivity contribution is 0.0912. The summed E-state index contributed by atoms with van der Waals surface area (Å²) in [4.78, 5) is 16.5. The molecule has 3 rings (SSSR count). The maximum atomic E-state index is 12.1. The molecular weight excluding hydrogens is 304 g/mol. The number of nitrogens with zero attached hydrogens (tertiary/aromatic N) is 3. The summed E-state index contributed by atoms with van der Waals surface area (Å²) >= 11 is 6.23. The van der Waals surface area contributed by atoms with E-state index in [-0.39, 0.29) is 18.5 Å². The largest absolute Gasteiger partial charge is 0.394 e. The molecule has 6 nitrogen and oxygen atoms in total. The molecular formula is C15H17ClN4O2. The van der Waals surface area contributed by atoms with Crippen molar-refractivity contribution in [2.75, 3.05) is 6.61 Å². The first-order valence-corrected chi connectivity index (χ1v) is 7.61. The minimum absolute atomic E-state index is 0.0992. The Morgan fingerprint density at radius 1 is 1.50 bits per heavy atom. The van der Waals surface area contributed by atoms with Gasteiger partial charge < -0.3 is 10.4 Å². The number of benzene rings is 1. The summed E-state index contributed by atoms with van der Waals surface area (Å²) in [6, 6.07) is 7.00. The van der Waals surface area contributed by atoms with E-state index in [0.29, 0.717) is 16.6 Å². The van der Waals surface area contributed by atoms with Crippen LogP contribution in [0.15, 0.2) is 24.3 Å². The Morgan fingerprint density at radius 2 is 2.23 bits per heavy atom. The van der Waals surface area contributed by atoms with E-state index < -0.39 is 5.91 Å². The topological polar surface area (TPSA) is 80.0 Å². The van der Waals surface area contributed by atoms with Crippen LogP contribution in [-0.2, 0) is 0 Å². The van der Waals surface area contributed by atoms with Crippen molar-refractivity contribution in [2.45, 2.75) is 31.7 Å². The van der Waals surface area contributed by atoms with E-state index >= 15 is 0 Å². The van der Waals surface area contributed by atoms with Crippen LogP contribution in [0.25, 0.3) is 5.69 Å². The van der Waals surface area contributed by atoms with Crippen molar-refractivity contribution < 1.29 is 9.90 Å². The molecule has 0 aliphatic heterocycles. The summed E-state index contributed by atoms with van der Waals surface area (Å²) in [5.74, 6) is 0.784. The van der Waals surface area contributed by atoms with Crippen LogP contribution >= 0.6 is 11.6 Å². The van der Waals surface area contributed by atoms with E-state index in [1.807, 2.05) is 18.2 Å². The highest BCUT2D eigenvalue weighted by molar-refractivity contribution is 6.32. The summed E-state index contributed by atoms with van der Waals surface area (Å²) < 4.78 is 1.65. The molecule has 0 spiro atoms. The van der Waals surface area contributed by atoms with Crippen molar-refractivity contribution in [1.29, 1.82) is 0 Å². The fraction of sp³-hybridized carbons (Fsp3) is 0.400. The zero-order chi connectivity index (χ0) is 15.7. The van der Waals surface area contributed by atoms with Gasteiger partial charge in [0, 0.05) is 12.0 Å². The smallest absolute Gasteiger partial charge is 0.291 e. The van der Waals surface area contributed by atoms with Gasteiger partial charge in [-0.3, -0.25) is 4.79 Å². The van der Waals surface area contributed by atoms with E-state index in [1.54, 1.807) is 17.7 Å². The predicted molar refractivity (Wildman–Crippen MR) is 82.4 cm³/mol. The summed E-state index contributed by atoms with van der Waals surface area (Å²) in [5.41, 5.74) is 0.716. The minimum atomic E-state index is -0.394. The first kappa shape index (κ1) is 15.0. The van der Waals surface area contributed by atoms with E-state index in [1.165, 1.54) is 0 Å². The van der Waals surface area contributed by atoms with Crippen LogP contribution in [0.4, 0.5) is 0 Å². The van der Waals surface area contributed by atoms with Gasteiger partial charge in [0.1, 0.15) is 5.82 Å². The Hall–Kier alpha value is -1.92. The summed E-state index contributed by atoms with van der Waals surface area (Å²) in [5, 5.41) is 16.6. The number of halogens is 1. The fourth-order valence-electron chi connectivity index (χ4n) is 2.16. The molecule has 0 radical (unpaired) electrons. The van der Waals surface area contributed by atoms with Gasteiger partial charge in [0.25, 0.3) is 5.91 Å². The van der Waals surface area contributed by atoms with Gasteiger partial charge in [-0.15, -0.1) is 5.10 Å². The van der Waals surface area contributed by atoms with Gasteiger partial charge in [-0.1, -0.05) is 23.7 Å². The second-order valence-electron chi connectivity index (χ2n) is 5.49. The third-order valence-corrected chi connectivity index (χ3v) is 3.83. The number of aliphatic hydroxyl groups is 1. The molecule has 1 aliphatic rings. The summed E-state index contributed by atoms with van der Waals surface area (Å²) in [6.45, 7) is 1.58. The Kier molecular flexibility index (Phi) is 4.13. The quantitative estimate of drug-likeness (QED) is 0.882. The lowest BCUT2D eigenvalue weighted by Gasteiger charge is -2.08. The number of amides is 1. The van der Waals surface area contributed by atoms with Crippen LogP contribution in [0.3, 0.4) is 0 Å². The molecule has 1 aromatic heterocycles. The number of nitrogens with one attached hydrogen (secondary N) is 1. The highest BCUT2D eigenvalue weighted by atomic mass is 35.5. The molecule has 1 aliphatic carbocycles. The molecule has 116 valence electrons. The molecule has 1 heterocycles. The number of hydrogen-bond acceptors (Lipinski definition) is 4. The van der Waals surface area contributed by atoms with Gasteiger partial charge in [0.15, 0.2) is 0 Å². The number of hydrogen-bond donors (Lipinski definition) is 2. The van der Waals surface area contributed by atoms with E-state index in [2.05, 4.69) is 15.4 Å². The third-order valence-electron chi connectivity index (χ3n) is 3.51. The summed E-state index contributed by atoms with van der Waals surface area (Å²) in [6.07, 6.45) is 2.08. The second kappa shape index (κ2) is 6.06. The highest BCUT2D eigenvalue weighted by Crippen LogP contribution is 2.40. The number of aromatic nitrogens is 3. The number of aliphatic hydroxyl groups excluding tert-OH is 1. The van der Waals surface area contributed by atoms with E-state index in [4.69, 9.17) is 16.7 Å². The Balaban J connectivity index is 1.97. The number of carbonyl (C=O) groups excluding carboxylic acids is 1. The predicted octanol–water partition coefficient (Wildman–Crippen LogP) is 1.91. The van der Waals surface area contributed by atoms with Crippen LogP contribution < -0.4 is 5.32 Å². The molecule has 1 fully saturated rings. The highest BCUT2D eigenvalue weighted by Gasteiger charge is 2.32. The maximum absolute atomic E-state index is 12.1. The number of rotatable bonds is 5. The van der Waals surface area contributed by atoms with Crippen molar-refractivity contribution >= 4 is 17.5 Å². The molecule has 1 unspecified atom stereocenters. The van der Waals surface area contributed by atoms with Crippen LogP contribution in [0.5, 0.6) is 0 Å². The molecule has 2 N–H and O–H groups in total. The average molecular weight is 321 g/mol. The molecule has 1 aromatic carbocycles. The molecule has 1 atom stereocenters. The van der Waals surface area contributed by atoms with Crippen molar-refractivity contribution in [3.05, 3.63) is 40.9 Å². The number of carbonyl (C=O) groups is 1. The van der Waals surface area contributed by atoms with Crippen molar-refractivity contribution in [3.63, 3.8) is 0 Å². The van der Waals surface area contributed by atoms with Crippen molar-refractivity contribution in [2.24, 2.45) is 0 Å². The first-order chi connectivity index (χ1) is 10.6. The lowest BCUT2D eigenvalue weighted by atomic mass is 10.3. The van der Waals surface area contributed by atoms with Gasteiger partial charge >= 0.3 is 0 Å². The molecule has 2 aromatic rings. The Morgan fingerprint density at radius 3 is 2.86 bits per heavy atom. The standard InChI is InChI=1S/C15H17ClN4O2/c1-9(8-21)17-15(22)13-18-14(10-6-7-10)20(19-13)12-5-3-2-4-11(12)16/h2-5,9-10,21H,6-8H2,1H3,(H,17,22). The first-order valence-electron chi connectivity index (χ1n) is 7.23. The maximum Gasteiger partial charge on any atom is 0.291 e. The Labute approximate surface area is 133 Å². The monoisotopic (exact) mass is 320 g/mol. The Bertz CT molecular complexity index is 697. The zero-order valence-corrected chi connectivity index (χ0v) is 12.9. The van der Waals surface area contributed by atoms with E-state index in [9.17, 15) is 4.79 Å².